The van der Waals surface area contributed by atoms with Crippen molar-refractivity contribution in [2.45, 2.75) is 91.1 Å². The minimum absolute atomic E-state index is 0.149. The Labute approximate surface area is 265 Å². The van der Waals surface area contributed by atoms with Gasteiger partial charge in [0.05, 0.1) is 6.54 Å². The summed E-state index contributed by atoms with van der Waals surface area (Å²) in [6.07, 6.45) is 2.35. The molecule has 0 aliphatic carbocycles. The monoisotopic (exact) mass is 616 g/mol. The van der Waals surface area contributed by atoms with Crippen LogP contribution in [0.25, 0.3) is 0 Å². The summed E-state index contributed by atoms with van der Waals surface area (Å²) in [6, 6.07) is 9.09. The third-order valence-electron chi connectivity index (χ3n) is 7.79. The van der Waals surface area contributed by atoms with Crippen LogP contribution in [-0.4, -0.2) is 127 Å². The van der Waals surface area contributed by atoms with Gasteiger partial charge in [-0.2, -0.15) is 0 Å². The summed E-state index contributed by atoms with van der Waals surface area (Å²) >= 11 is 0. The van der Waals surface area contributed by atoms with Gasteiger partial charge < -0.3 is 24.0 Å². The number of benzene rings is 1. The van der Waals surface area contributed by atoms with Crippen molar-refractivity contribution in [3.05, 3.63) is 35.9 Å². The van der Waals surface area contributed by atoms with Gasteiger partial charge in [-0.1, -0.05) is 30.3 Å². The van der Waals surface area contributed by atoms with E-state index in [-0.39, 0.29) is 30.9 Å². The summed E-state index contributed by atoms with van der Waals surface area (Å²) in [7, 11) is 0. The molecule has 3 rings (SSSR count). The quantitative estimate of drug-likeness (QED) is 0.303. The SMILES string of the molecule is CC(C)(C)OC(=O)CN1CCCN2CCN(CCCN([C@H](CCC(=O)OCc3ccccc3)C(=O)OC(C)(C)C)CC2)CC1. The van der Waals surface area contributed by atoms with Gasteiger partial charge in [-0.3, -0.25) is 24.2 Å². The molecule has 10 nitrogen and oxygen atoms in total. The fourth-order valence-electron chi connectivity index (χ4n) is 5.66. The predicted octanol–water partition coefficient (Wildman–Crippen LogP) is 3.58. The number of carbonyl (C=O) groups is 3. The summed E-state index contributed by atoms with van der Waals surface area (Å²) < 4.78 is 17.0. The standard InChI is InChI=1S/C34H56N4O6/c1-33(2,3)43-31(40)26-37-18-10-16-36-21-20-35(22-23-37)17-11-19-38(25-24-36)29(32(41)44-34(4,5)6)14-15-30(39)42-27-28-12-8-7-9-13-28/h7-9,12-13,29H,10-11,14-27H2,1-6H3/t29-/m1/s1. The van der Waals surface area contributed by atoms with E-state index in [1.807, 2.05) is 71.9 Å². The maximum Gasteiger partial charge on any atom is 0.323 e. The van der Waals surface area contributed by atoms with E-state index in [1.165, 1.54) is 0 Å². The lowest BCUT2D eigenvalue weighted by Crippen LogP contribution is -2.51. The van der Waals surface area contributed by atoms with Crippen LogP contribution in [0.4, 0.5) is 0 Å². The Morgan fingerprint density at radius 2 is 1.30 bits per heavy atom. The average molecular weight is 617 g/mol. The Morgan fingerprint density at radius 3 is 1.93 bits per heavy atom. The molecule has 10 heteroatoms. The molecule has 0 spiro atoms. The Morgan fingerprint density at radius 1 is 0.705 bits per heavy atom. The second-order valence-corrected chi connectivity index (χ2v) is 14.0. The predicted molar refractivity (Wildman–Crippen MR) is 171 cm³/mol. The molecule has 2 fully saturated rings. The van der Waals surface area contributed by atoms with Crippen molar-refractivity contribution in [3.8, 4) is 0 Å². The molecule has 2 saturated heterocycles. The molecule has 0 aromatic heterocycles. The molecule has 2 aliphatic heterocycles. The molecule has 3 atom stereocenters. The lowest BCUT2D eigenvalue weighted by atomic mass is 10.1. The van der Waals surface area contributed by atoms with Crippen LogP contribution in [0, 0.1) is 0 Å². The van der Waals surface area contributed by atoms with E-state index < -0.39 is 17.2 Å². The summed E-state index contributed by atoms with van der Waals surface area (Å²) in [6.45, 7) is 20.4. The zero-order valence-electron chi connectivity index (χ0n) is 28.0. The summed E-state index contributed by atoms with van der Waals surface area (Å²) in [5.41, 5.74) is -0.170. The molecular formula is C34H56N4O6. The fourth-order valence-corrected chi connectivity index (χ4v) is 5.66. The molecule has 2 heterocycles. The Kier molecular flexibility index (Phi) is 14.1. The van der Waals surface area contributed by atoms with Crippen LogP contribution in [0.1, 0.15) is 72.8 Å². The Hall–Kier alpha value is -2.53. The maximum atomic E-state index is 13.5. The lowest BCUT2D eigenvalue weighted by Gasteiger charge is -2.38. The van der Waals surface area contributed by atoms with Crippen molar-refractivity contribution < 1.29 is 28.6 Å². The normalized spacial score (nSPS) is 22.0. The van der Waals surface area contributed by atoms with Crippen molar-refractivity contribution in [1.82, 2.24) is 19.6 Å². The summed E-state index contributed by atoms with van der Waals surface area (Å²) in [5.74, 6) is -0.770. The minimum Gasteiger partial charge on any atom is -0.461 e. The van der Waals surface area contributed by atoms with Gasteiger partial charge >= 0.3 is 17.9 Å². The van der Waals surface area contributed by atoms with Gasteiger partial charge in [0, 0.05) is 58.8 Å². The molecule has 2 aliphatic rings. The Balaban J connectivity index is 1.64. The summed E-state index contributed by atoms with van der Waals surface area (Å²) in [4.78, 5) is 48.1. The van der Waals surface area contributed by atoms with Gasteiger partial charge in [0.2, 0.25) is 0 Å². The van der Waals surface area contributed by atoms with Gasteiger partial charge in [0.1, 0.15) is 23.9 Å². The second-order valence-electron chi connectivity index (χ2n) is 14.0. The molecule has 1 aromatic carbocycles. The number of ether oxygens (including phenoxy) is 3. The van der Waals surface area contributed by atoms with Crippen LogP contribution in [0.2, 0.25) is 0 Å². The molecule has 0 radical (unpaired) electrons. The van der Waals surface area contributed by atoms with Crippen molar-refractivity contribution in [1.29, 1.82) is 0 Å². The average Bonchev–Trinajstić information content (AvgIpc) is 2.93. The third-order valence-corrected chi connectivity index (χ3v) is 7.79. The molecule has 0 N–H and O–H groups in total. The number of nitrogens with zero attached hydrogens (tertiary/aromatic N) is 4. The summed E-state index contributed by atoms with van der Waals surface area (Å²) in [5, 5.41) is 0. The highest BCUT2D eigenvalue weighted by Crippen LogP contribution is 2.18. The molecule has 2 unspecified atom stereocenters. The van der Waals surface area contributed by atoms with Crippen LogP contribution in [0.5, 0.6) is 0 Å². The number of carbonyl (C=O) groups excluding carboxylic acids is 3. The van der Waals surface area contributed by atoms with Gasteiger partial charge in [-0.25, -0.2) is 0 Å². The fraction of sp³-hybridized carbons (Fsp3) is 0.735. The lowest BCUT2D eigenvalue weighted by molar-refractivity contribution is -0.162. The molecule has 2 bridgehead atoms. The minimum atomic E-state index is -0.620. The first-order valence-corrected chi connectivity index (χ1v) is 16.3. The van der Waals surface area contributed by atoms with Crippen LogP contribution >= 0.6 is 0 Å². The highest BCUT2D eigenvalue weighted by molar-refractivity contribution is 5.77. The first-order valence-electron chi connectivity index (χ1n) is 16.3. The number of esters is 3. The molecule has 44 heavy (non-hydrogen) atoms. The largest absolute Gasteiger partial charge is 0.461 e. The molecule has 1 aromatic rings. The number of hydrogen-bond acceptors (Lipinski definition) is 10. The van der Waals surface area contributed by atoms with Gasteiger partial charge in [0.15, 0.2) is 0 Å². The second kappa shape index (κ2) is 17.2. The Bertz CT molecular complexity index is 1040. The molecule has 0 saturated carbocycles. The van der Waals surface area contributed by atoms with E-state index in [1.54, 1.807) is 0 Å². The third kappa shape index (κ3) is 14.1. The first-order chi connectivity index (χ1) is 20.8. The number of fused-ring (bicyclic) bond motifs is 3. The first kappa shape index (κ1) is 35.9. The van der Waals surface area contributed by atoms with Crippen LogP contribution < -0.4 is 0 Å². The van der Waals surface area contributed by atoms with Crippen LogP contribution in [0.15, 0.2) is 30.3 Å². The van der Waals surface area contributed by atoms with Crippen LogP contribution in [0.3, 0.4) is 0 Å². The van der Waals surface area contributed by atoms with E-state index in [0.29, 0.717) is 19.5 Å². The van der Waals surface area contributed by atoms with E-state index in [9.17, 15) is 14.4 Å². The van der Waals surface area contributed by atoms with Gasteiger partial charge in [-0.15, -0.1) is 0 Å². The number of rotatable bonds is 9. The van der Waals surface area contributed by atoms with Crippen LogP contribution in [-0.2, 0) is 35.2 Å². The highest BCUT2D eigenvalue weighted by atomic mass is 16.6. The molecule has 0 amide bonds. The smallest absolute Gasteiger partial charge is 0.323 e. The van der Waals surface area contributed by atoms with Crippen molar-refractivity contribution in [3.63, 3.8) is 0 Å². The van der Waals surface area contributed by atoms with E-state index in [2.05, 4.69) is 19.6 Å². The molecular weight excluding hydrogens is 560 g/mol. The maximum absolute atomic E-state index is 13.5. The van der Waals surface area contributed by atoms with E-state index in [0.717, 1.165) is 77.3 Å². The highest BCUT2D eigenvalue weighted by Gasteiger charge is 2.32. The zero-order chi connectivity index (χ0) is 32.2. The van der Waals surface area contributed by atoms with E-state index >= 15 is 0 Å². The zero-order valence-corrected chi connectivity index (χ0v) is 28.0. The van der Waals surface area contributed by atoms with Crippen molar-refractivity contribution >= 4 is 17.9 Å². The van der Waals surface area contributed by atoms with E-state index in [4.69, 9.17) is 14.2 Å². The number of hydrogen-bond donors (Lipinski definition) is 0. The van der Waals surface area contributed by atoms with Gasteiger partial charge in [0.25, 0.3) is 0 Å². The van der Waals surface area contributed by atoms with Crippen molar-refractivity contribution in [2.75, 3.05) is 72.0 Å². The topological polar surface area (TPSA) is 91.9 Å². The molecule has 248 valence electrons. The van der Waals surface area contributed by atoms with Crippen molar-refractivity contribution in [2.24, 2.45) is 0 Å². The van der Waals surface area contributed by atoms with Gasteiger partial charge in [-0.05, 0) is 79.5 Å².